The number of aliphatic hydroxyl groups excluding tert-OH is 1. The van der Waals surface area contributed by atoms with E-state index in [-0.39, 0.29) is 22.6 Å². The Kier molecular flexibility index (Phi) is 6.35. The third-order valence-electron chi connectivity index (χ3n) is 5.85. The second-order valence-corrected chi connectivity index (χ2v) is 8.73. The van der Waals surface area contributed by atoms with Crippen LogP contribution in [0.25, 0.3) is 5.76 Å². The molecule has 1 amide bonds. The van der Waals surface area contributed by atoms with Gasteiger partial charge in [0.05, 0.1) is 29.3 Å². The number of rotatable bonds is 5. The van der Waals surface area contributed by atoms with Gasteiger partial charge in [-0.15, -0.1) is 0 Å². The second-order valence-electron chi connectivity index (χ2n) is 8.32. The number of aliphatic hydroxyl groups is 1. The molecule has 0 spiro atoms. The maximum atomic E-state index is 13.3. The molecule has 1 heterocycles. The lowest BCUT2D eigenvalue weighted by Crippen LogP contribution is -2.29. The van der Waals surface area contributed by atoms with E-state index >= 15 is 0 Å². The molecule has 1 fully saturated rings. The third kappa shape index (κ3) is 4.01. The zero-order valence-electron chi connectivity index (χ0n) is 19.4. The highest BCUT2D eigenvalue weighted by Crippen LogP contribution is 2.44. The molecule has 1 N–H and O–H groups in total. The minimum Gasteiger partial charge on any atom is -0.507 e. The van der Waals surface area contributed by atoms with E-state index < -0.39 is 17.7 Å². The van der Waals surface area contributed by atoms with Gasteiger partial charge in [-0.25, -0.2) is 0 Å². The normalized spacial score (nSPS) is 17.2. The smallest absolute Gasteiger partial charge is 0.300 e. The van der Waals surface area contributed by atoms with Crippen molar-refractivity contribution in [1.82, 2.24) is 0 Å². The number of anilines is 2. The van der Waals surface area contributed by atoms with Crippen molar-refractivity contribution in [3.63, 3.8) is 0 Å². The molecule has 3 aromatic rings. The first-order valence-electron chi connectivity index (χ1n) is 10.7. The molecule has 0 saturated carbocycles. The van der Waals surface area contributed by atoms with Crippen LogP contribution in [-0.2, 0) is 9.59 Å². The number of aryl methyl sites for hydroxylation is 1. The van der Waals surface area contributed by atoms with Crippen molar-refractivity contribution < 1.29 is 19.4 Å². The monoisotopic (exact) mass is 476 g/mol. The lowest BCUT2D eigenvalue weighted by Gasteiger charge is -2.26. The topological polar surface area (TPSA) is 70.1 Å². The van der Waals surface area contributed by atoms with E-state index in [0.717, 1.165) is 11.3 Å². The standard InChI is InChI=1S/C27H25ClN2O4/c1-16-14-20(26(34-4)21(28)15-16)24(31)22-23(17-8-6-5-7-9-17)30(27(33)25(22)32)19-12-10-18(11-13-19)29(2)3/h5-15,23,31H,1-4H3/b24-22+. The minimum atomic E-state index is -0.824. The Morgan fingerprint density at radius 3 is 2.26 bits per heavy atom. The Balaban J connectivity index is 1.96. The Morgan fingerprint density at radius 1 is 1.03 bits per heavy atom. The van der Waals surface area contributed by atoms with Crippen LogP contribution >= 0.6 is 11.6 Å². The average molecular weight is 477 g/mol. The fraction of sp³-hybridized carbons (Fsp3) is 0.185. The van der Waals surface area contributed by atoms with E-state index in [1.807, 2.05) is 68.4 Å². The summed E-state index contributed by atoms with van der Waals surface area (Å²) in [5, 5.41) is 11.7. The predicted octanol–water partition coefficient (Wildman–Crippen LogP) is 5.35. The van der Waals surface area contributed by atoms with Crippen LogP contribution in [0.1, 0.15) is 22.7 Å². The van der Waals surface area contributed by atoms with Crippen molar-refractivity contribution in [2.45, 2.75) is 13.0 Å². The second kappa shape index (κ2) is 9.23. The predicted molar refractivity (Wildman–Crippen MR) is 135 cm³/mol. The van der Waals surface area contributed by atoms with Crippen LogP contribution in [0.4, 0.5) is 11.4 Å². The van der Waals surface area contributed by atoms with E-state index in [1.165, 1.54) is 12.0 Å². The zero-order valence-corrected chi connectivity index (χ0v) is 20.1. The summed E-state index contributed by atoms with van der Waals surface area (Å²) in [5.41, 5.74) is 3.21. The summed E-state index contributed by atoms with van der Waals surface area (Å²) in [7, 11) is 5.28. The molecule has 0 aliphatic carbocycles. The average Bonchev–Trinajstić information content (AvgIpc) is 3.09. The van der Waals surface area contributed by atoms with Gasteiger partial charge < -0.3 is 14.7 Å². The number of halogens is 1. The first-order chi connectivity index (χ1) is 16.2. The van der Waals surface area contributed by atoms with Crippen LogP contribution in [0.2, 0.25) is 5.02 Å². The van der Waals surface area contributed by atoms with Crippen LogP contribution in [-0.4, -0.2) is 38.0 Å². The van der Waals surface area contributed by atoms with Gasteiger partial charge in [0.1, 0.15) is 11.5 Å². The number of benzene rings is 3. The largest absolute Gasteiger partial charge is 0.507 e. The van der Waals surface area contributed by atoms with Crippen molar-refractivity contribution in [3.8, 4) is 5.75 Å². The van der Waals surface area contributed by atoms with E-state index in [2.05, 4.69) is 0 Å². The number of carbonyl (C=O) groups is 2. The van der Waals surface area contributed by atoms with Gasteiger partial charge in [-0.3, -0.25) is 14.5 Å². The summed E-state index contributed by atoms with van der Waals surface area (Å²) >= 11 is 6.34. The van der Waals surface area contributed by atoms with Crippen molar-refractivity contribution in [2.24, 2.45) is 0 Å². The molecule has 6 nitrogen and oxygen atoms in total. The number of amides is 1. The van der Waals surface area contributed by atoms with Crippen molar-refractivity contribution in [1.29, 1.82) is 0 Å². The summed E-state index contributed by atoms with van der Waals surface area (Å²) in [6.07, 6.45) is 0. The Morgan fingerprint density at radius 2 is 1.68 bits per heavy atom. The van der Waals surface area contributed by atoms with Crippen LogP contribution in [0.3, 0.4) is 0 Å². The van der Waals surface area contributed by atoms with E-state index in [0.29, 0.717) is 16.3 Å². The van der Waals surface area contributed by atoms with Crippen LogP contribution in [0.5, 0.6) is 5.75 Å². The van der Waals surface area contributed by atoms with Gasteiger partial charge >= 0.3 is 0 Å². The Labute approximate surface area is 203 Å². The molecule has 1 unspecified atom stereocenters. The SMILES string of the molecule is COc1c(Cl)cc(C)cc1/C(O)=C1\C(=O)C(=O)N(c2ccc(N(C)C)cc2)C1c1ccccc1. The molecule has 0 aromatic heterocycles. The highest BCUT2D eigenvalue weighted by molar-refractivity contribution is 6.51. The molecule has 4 rings (SSSR count). The van der Waals surface area contributed by atoms with Crippen molar-refractivity contribution >= 4 is 40.4 Å². The molecule has 7 heteroatoms. The Hall–Kier alpha value is -3.77. The first kappa shape index (κ1) is 23.4. The molecule has 0 bridgehead atoms. The zero-order chi connectivity index (χ0) is 24.6. The fourth-order valence-electron chi connectivity index (χ4n) is 4.22. The summed E-state index contributed by atoms with van der Waals surface area (Å²) in [5.74, 6) is -1.59. The minimum absolute atomic E-state index is 0.0205. The molecule has 1 saturated heterocycles. The first-order valence-corrected chi connectivity index (χ1v) is 11.1. The molecule has 1 aliphatic heterocycles. The number of hydrogen-bond donors (Lipinski definition) is 1. The lowest BCUT2D eigenvalue weighted by atomic mass is 9.94. The number of methoxy groups -OCH3 is 1. The van der Waals surface area contributed by atoms with Crippen molar-refractivity contribution in [3.05, 3.63) is 94.0 Å². The van der Waals surface area contributed by atoms with E-state index in [1.54, 1.807) is 24.3 Å². The highest BCUT2D eigenvalue weighted by Gasteiger charge is 2.47. The van der Waals surface area contributed by atoms with Crippen LogP contribution in [0.15, 0.2) is 72.3 Å². The number of ether oxygens (including phenoxy) is 1. The maximum Gasteiger partial charge on any atom is 0.300 e. The molecular formula is C27H25ClN2O4. The summed E-state index contributed by atoms with van der Waals surface area (Å²) in [6.45, 7) is 1.82. The number of Topliss-reactive ketones (excluding diaryl/α,β-unsaturated/α-hetero) is 1. The van der Waals surface area contributed by atoms with Gasteiger partial charge in [0.15, 0.2) is 0 Å². The van der Waals surface area contributed by atoms with Crippen LogP contribution < -0.4 is 14.5 Å². The van der Waals surface area contributed by atoms with E-state index in [9.17, 15) is 14.7 Å². The summed E-state index contributed by atoms with van der Waals surface area (Å²) < 4.78 is 5.42. The lowest BCUT2D eigenvalue weighted by molar-refractivity contribution is -0.132. The number of ketones is 1. The van der Waals surface area contributed by atoms with Gasteiger partial charge in [0.25, 0.3) is 11.7 Å². The number of nitrogens with zero attached hydrogens (tertiary/aromatic N) is 2. The molecule has 0 radical (unpaired) electrons. The number of carbonyl (C=O) groups excluding carboxylic acids is 2. The van der Waals surface area contributed by atoms with E-state index in [4.69, 9.17) is 16.3 Å². The molecule has 34 heavy (non-hydrogen) atoms. The maximum absolute atomic E-state index is 13.3. The van der Waals surface area contributed by atoms with Gasteiger partial charge in [0.2, 0.25) is 0 Å². The molecular weight excluding hydrogens is 452 g/mol. The molecule has 174 valence electrons. The van der Waals surface area contributed by atoms with Gasteiger partial charge in [-0.05, 0) is 54.4 Å². The molecule has 3 aromatic carbocycles. The molecule has 1 aliphatic rings. The third-order valence-corrected chi connectivity index (χ3v) is 6.13. The van der Waals surface area contributed by atoms with Gasteiger partial charge in [-0.2, -0.15) is 0 Å². The summed E-state index contributed by atoms with van der Waals surface area (Å²) in [4.78, 5) is 30.0. The van der Waals surface area contributed by atoms with Crippen molar-refractivity contribution in [2.75, 3.05) is 31.0 Å². The Bertz CT molecular complexity index is 1280. The number of hydrogen-bond acceptors (Lipinski definition) is 5. The quantitative estimate of drug-likeness (QED) is 0.305. The van der Waals surface area contributed by atoms with Gasteiger partial charge in [-0.1, -0.05) is 41.9 Å². The highest BCUT2D eigenvalue weighted by atomic mass is 35.5. The van der Waals surface area contributed by atoms with Gasteiger partial charge in [0, 0.05) is 25.5 Å². The molecule has 1 atom stereocenters. The fourth-order valence-corrected chi connectivity index (χ4v) is 4.57. The van der Waals surface area contributed by atoms with Crippen LogP contribution in [0, 0.1) is 6.92 Å². The summed E-state index contributed by atoms with van der Waals surface area (Å²) in [6, 6.07) is 19.1.